The molecule has 2 fully saturated rings. The van der Waals surface area contributed by atoms with Crippen LogP contribution in [-0.2, 0) is 6.54 Å². The van der Waals surface area contributed by atoms with Gasteiger partial charge in [-0.3, -0.25) is 9.69 Å². The van der Waals surface area contributed by atoms with E-state index >= 15 is 0 Å². The molecular formula is C27H27NO. The molecule has 2 saturated heterocycles. The summed E-state index contributed by atoms with van der Waals surface area (Å²) in [5.41, 5.74) is 4.54. The second kappa shape index (κ2) is 7.96. The first-order chi connectivity index (χ1) is 14.3. The summed E-state index contributed by atoms with van der Waals surface area (Å²) in [5, 5.41) is 0. The number of piperidine rings is 1. The van der Waals surface area contributed by atoms with Gasteiger partial charge in [-0.05, 0) is 48.4 Å². The van der Waals surface area contributed by atoms with Crippen LogP contribution in [0.2, 0.25) is 0 Å². The molecule has 2 aliphatic heterocycles. The molecule has 0 spiro atoms. The molecule has 2 heterocycles. The van der Waals surface area contributed by atoms with Gasteiger partial charge in [0.25, 0.3) is 0 Å². The summed E-state index contributed by atoms with van der Waals surface area (Å²) in [7, 11) is 0. The van der Waals surface area contributed by atoms with Crippen molar-refractivity contribution >= 4 is 5.78 Å². The summed E-state index contributed by atoms with van der Waals surface area (Å²) >= 11 is 0. The van der Waals surface area contributed by atoms with Crippen LogP contribution < -0.4 is 0 Å². The van der Waals surface area contributed by atoms with Crippen LogP contribution in [0.3, 0.4) is 0 Å². The van der Waals surface area contributed by atoms with E-state index in [4.69, 9.17) is 0 Å². The number of Topliss-reactive ketones (excluding diaryl/α,β-unsaturated/α-hetero) is 1. The van der Waals surface area contributed by atoms with Crippen molar-refractivity contribution in [2.45, 2.75) is 44.3 Å². The average molecular weight is 382 g/mol. The lowest BCUT2D eigenvalue weighted by Gasteiger charge is -2.38. The number of fused-ring (bicyclic) bond motifs is 2. The van der Waals surface area contributed by atoms with Gasteiger partial charge in [0.15, 0.2) is 5.78 Å². The second-order valence-corrected chi connectivity index (χ2v) is 8.52. The Hall–Kier alpha value is -2.71. The van der Waals surface area contributed by atoms with Gasteiger partial charge in [0.1, 0.15) is 0 Å². The fourth-order valence-electron chi connectivity index (χ4n) is 5.26. The van der Waals surface area contributed by atoms with Crippen molar-refractivity contribution in [3.8, 4) is 11.1 Å². The number of carbonyl (C=O) groups is 1. The first-order valence-corrected chi connectivity index (χ1v) is 10.8. The topological polar surface area (TPSA) is 20.3 Å². The molecule has 2 nitrogen and oxygen atoms in total. The minimum Gasteiger partial charge on any atom is -0.294 e. The number of hydrogen-bond acceptors (Lipinski definition) is 2. The molecule has 0 radical (unpaired) electrons. The molecular weight excluding hydrogens is 354 g/mol. The van der Waals surface area contributed by atoms with Gasteiger partial charge in [-0.1, -0.05) is 78.9 Å². The van der Waals surface area contributed by atoms with E-state index in [1.54, 1.807) is 0 Å². The maximum absolute atomic E-state index is 13.3. The van der Waals surface area contributed by atoms with Crippen LogP contribution in [0.1, 0.15) is 41.6 Å². The van der Waals surface area contributed by atoms with Crippen LogP contribution in [0.15, 0.2) is 84.9 Å². The fourth-order valence-corrected chi connectivity index (χ4v) is 5.26. The molecule has 2 atom stereocenters. The molecule has 146 valence electrons. The highest BCUT2D eigenvalue weighted by atomic mass is 16.1. The first-order valence-electron chi connectivity index (χ1n) is 10.8. The van der Waals surface area contributed by atoms with E-state index in [0.717, 1.165) is 30.5 Å². The van der Waals surface area contributed by atoms with Crippen LogP contribution in [0, 0.1) is 5.92 Å². The number of ketones is 1. The van der Waals surface area contributed by atoms with Crippen molar-refractivity contribution < 1.29 is 4.79 Å². The number of rotatable bonds is 5. The fraction of sp³-hybridized carbons (Fsp3) is 0.296. The van der Waals surface area contributed by atoms with Crippen molar-refractivity contribution in [1.29, 1.82) is 0 Å². The van der Waals surface area contributed by atoms with E-state index in [2.05, 4.69) is 59.5 Å². The van der Waals surface area contributed by atoms with E-state index in [-0.39, 0.29) is 5.92 Å². The highest BCUT2D eigenvalue weighted by Gasteiger charge is 2.42. The van der Waals surface area contributed by atoms with E-state index < -0.39 is 0 Å². The highest BCUT2D eigenvalue weighted by Crippen LogP contribution is 2.41. The maximum atomic E-state index is 13.3. The summed E-state index contributed by atoms with van der Waals surface area (Å²) in [5.74, 6) is 0.490. The van der Waals surface area contributed by atoms with Crippen molar-refractivity contribution in [2.75, 3.05) is 0 Å². The van der Waals surface area contributed by atoms with Gasteiger partial charge in [-0.2, -0.15) is 0 Å². The summed E-state index contributed by atoms with van der Waals surface area (Å²) in [6.07, 6.45) is 4.45. The van der Waals surface area contributed by atoms with Crippen LogP contribution >= 0.6 is 0 Å². The second-order valence-electron chi connectivity index (χ2n) is 8.52. The molecule has 3 aromatic carbocycles. The lowest BCUT2D eigenvalue weighted by atomic mass is 9.84. The summed E-state index contributed by atoms with van der Waals surface area (Å²) in [4.78, 5) is 16.0. The normalized spacial score (nSPS) is 23.8. The van der Waals surface area contributed by atoms with Gasteiger partial charge in [-0.25, -0.2) is 0 Å². The molecule has 29 heavy (non-hydrogen) atoms. The molecule has 2 aliphatic rings. The monoisotopic (exact) mass is 381 g/mol. The summed E-state index contributed by atoms with van der Waals surface area (Å²) in [6.45, 7) is 1.01. The Bertz CT molecular complexity index is 968. The van der Waals surface area contributed by atoms with E-state index in [0.29, 0.717) is 17.9 Å². The predicted molar refractivity (Wildman–Crippen MR) is 118 cm³/mol. The Kier molecular flexibility index (Phi) is 5.03. The van der Waals surface area contributed by atoms with Gasteiger partial charge in [0, 0.05) is 30.1 Å². The summed E-state index contributed by atoms with van der Waals surface area (Å²) in [6, 6.07) is 30.3. The van der Waals surface area contributed by atoms with Crippen molar-refractivity contribution in [1.82, 2.24) is 4.90 Å². The third kappa shape index (κ3) is 3.77. The number of benzene rings is 3. The van der Waals surface area contributed by atoms with Gasteiger partial charge in [-0.15, -0.1) is 0 Å². The highest BCUT2D eigenvalue weighted by molar-refractivity contribution is 5.99. The Morgan fingerprint density at radius 1 is 0.759 bits per heavy atom. The number of hydrogen-bond donors (Lipinski definition) is 0. The summed E-state index contributed by atoms with van der Waals surface area (Å²) < 4.78 is 0. The van der Waals surface area contributed by atoms with Gasteiger partial charge < -0.3 is 0 Å². The molecule has 2 bridgehead atoms. The SMILES string of the molecule is O=C(c1cccc(-c2ccccc2)c1)C1CC2CCC(C1)N2Cc1ccccc1. The van der Waals surface area contributed by atoms with Crippen molar-refractivity contribution in [2.24, 2.45) is 5.92 Å². The standard InChI is InChI=1S/C27H27NO/c29-27(23-13-7-12-22(16-23)21-10-5-2-6-11-21)24-17-25-14-15-26(18-24)28(25)19-20-8-3-1-4-9-20/h1-13,16,24-26H,14-15,17-19H2. The maximum Gasteiger partial charge on any atom is 0.166 e. The number of carbonyl (C=O) groups excluding carboxylic acids is 1. The van der Waals surface area contributed by atoms with Crippen molar-refractivity contribution in [3.63, 3.8) is 0 Å². The molecule has 3 aromatic rings. The molecule has 2 unspecified atom stereocenters. The third-order valence-electron chi connectivity index (χ3n) is 6.72. The molecule has 0 aliphatic carbocycles. The van der Waals surface area contributed by atoms with Crippen molar-refractivity contribution in [3.05, 3.63) is 96.1 Å². The zero-order chi connectivity index (χ0) is 19.6. The minimum atomic E-state index is 0.158. The predicted octanol–water partition coefficient (Wildman–Crippen LogP) is 5.98. The molecule has 0 saturated carbocycles. The van der Waals surface area contributed by atoms with Gasteiger partial charge in [0.05, 0.1) is 0 Å². The molecule has 0 amide bonds. The lowest BCUT2D eigenvalue weighted by Crippen LogP contribution is -2.44. The van der Waals surface area contributed by atoms with E-state index in [1.165, 1.54) is 24.0 Å². The first kappa shape index (κ1) is 18.3. The Morgan fingerprint density at radius 2 is 1.38 bits per heavy atom. The van der Waals surface area contributed by atoms with E-state index in [9.17, 15) is 4.79 Å². The van der Waals surface area contributed by atoms with Crippen LogP contribution in [-0.4, -0.2) is 22.8 Å². The van der Waals surface area contributed by atoms with E-state index in [1.807, 2.05) is 30.3 Å². The quantitative estimate of drug-likeness (QED) is 0.507. The Balaban J connectivity index is 1.31. The third-order valence-corrected chi connectivity index (χ3v) is 6.72. The van der Waals surface area contributed by atoms with Crippen LogP contribution in [0.4, 0.5) is 0 Å². The zero-order valence-electron chi connectivity index (χ0n) is 16.7. The lowest BCUT2D eigenvalue weighted by molar-refractivity contribution is 0.0678. The van der Waals surface area contributed by atoms with Crippen LogP contribution in [0.25, 0.3) is 11.1 Å². The van der Waals surface area contributed by atoms with Gasteiger partial charge in [0.2, 0.25) is 0 Å². The largest absolute Gasteiger partial charge is 0.294 e. The van der Waals surface area contributed by atoms with Crippen LogP contribution in [0.5, 0.6) is 0 Å². The molecule has 2 heteroatoms. The minimum absolute atomic E-state index is 0.158. The molecule has 5 rings (SSSR count). The molecule has 0 N–H and O–H groups in total. The average Bonchev–Trinajstić information content (AvgIpc) is 3.01. The smallest absolute Gasteiger partial charge is 0.166 e. The Morgan fingerprint density at radius 3 is 2.07 bits per heavy atom. The zero-order valence-corrected chi connectivity index (χ0v) is 16.7. The Labute approximate surface area is 173 Å². The van der Waals surface area contributed by atoms with Gasteiger partial charge >= 0.3 is 0 Å². The molecule has 0 aromatic heterocycles. The number of nitrogens with zero attached hydrogens (tertiary/aromatic N) is 1.